The standard InChI is InChI=1S/C27H39NO7/c1-19-12-8-4-6-10-14-23(35-27(28)33)26(32)22(30)13-9-5-7-11-15-25(31)34-24(17-19)21(3)16-20(2)18-29/h4,8-9,11-13,15-16,18,21-24,26,30,32H,5-7,10,14,17H2,1-3H3,(H2,28,33)/b8-4+,13-9+,15-11?,19-12+,20-16+. The van der Waals surface area contributed by atoms with Crippen molar-refractivity contribution >= 4 is 18.3 Å². The predicted octanol–water partition coefficient (Wildman–Crippen LogP) is 3.83. The van der Waals surface area contributed by atoms with Crippen molar-refractivity contribution in [1.82, 2.24) is 0 Å². The summed E-state index contributed by atoms with van der Waals surface area (Å²) >= 11 is 0. The second-order valence-electron chi connectivity index (χ2n) is 8.80. The highest BCUT2D eigenvalue weighted by Gasteiger charge is 2.27. The first-order valence-corrected chi connectivity index (χ1v) is 12.0. The molecule has 5 unspecified atom stereocenters. The van der Waals surface area contributed by atoms with Gasteiger partial charge in [-0.2, -0.15) is 0 Å². The quantitative estimate of drug-likeness (QED) is 0.236. The number of nitrogens with two attached hydrogens (primary N) is 1. The van der Waals surface area contributed by atoms with Crippen LogP contribution in [0.2, 0.25) is 0 Å². The Bertz CT molecular complexity index is 840. The fraction of sp³-hybridized carbons (Fsp3) is 0.519. The van der Waals surface area contributed by atoms with E-state index in [4.69, 9.17) is 15.2 Å². The Labute approximate surface area is 207 Å². The summed E-state index contributed by atoms with van der Waals surface area (Å²) in [7, 11) is 0. The number of aliphatic hydroxyl groups excluding tert-OH is 2. The van der Waals surface area contributed by atoms with Gasteiger partial charge in [-0.05, 0) is 51.5 Å². The molecule has 35 heavy (non-hydrogen) atoms. The maximum atomic E-state index is 12.4. The number of amides is 1. The number of cyclic esters (lactones) is 1. The Morgan fingerprint density at radius 2 is 1.94 bits per heavy atom. The number of esters is 1. The molecule has 1 aliphatic heterocycles. The molecule has 8 heteroatoms. The van der Waals surface area contributed by atoms with Crippen LogP contribution in [-0.2, 0) is 19.1 Å². The average Bonchev–Trinajstić information content (AvgIpc) is 2.80. The third-order valence-corrected chi connectivity index (χ3v) is 5.55. The monoisotopic (exact) mass is 489 g/mol. The highest BCUT2D eigenvalue weighted by molar-refractivity contribution is 5.82. The maximum Gasteiger partial charge on any atom is 0.404 e. The van der Waals surface area contributed by atoms with Crippen LogP contribution in [0.25, 0.3) is 0 Å². The van der Waals surface area contributed by atoms with Crippen LogP contribution in [0.1, 0.15) is 59.3 Å². The molecule has 5 atom stereocenters. The lowest BCUT2D eigenvalue weighted by molar-refractivity contribution is -0.144. The number of aldehydes is 1. The Morgan fingerprint density at radius 1 is 1.23 bits per heavy atom. The molecule has 1 rings (SSSR count). The maximum absolute atomic E-state index is 12.4. The van der Waals surface area contributed by atoms with E-state index >= 15 is 0 Å². The lowest BCUT2D eigenvalue weighted by atomic mass is 9.96. The first-order valence-electron chi connectivity index (χ1n) is 12.0. The van der Waals surface area contributed by atoms with Crippen molar-refractivity contribution in [3.8, 4) is 0 Å². The molecule has 0 aliphatic carbocycles. The minimum absolute atomic E-state index is 0.152. The van der Waals surface area contributed by atoms with Gasteiger partial charge < -0.3 is 25.4 Å². The summed E-state index contributed by atoms with van der Waals surface area (Å²) in [6.45, 7) is 5.56. The van der Waals surface area contributed by atoms with Crippen LogP contribution in [0.15, 0.2) is 59.8 Å². The van der Waals surface area contributed by atoms with Crippen molar-refractivity contribution in [2.75, 3.05) is 0 Å². The fourth-order valence-electron chi connectivity index (χ4n) is 3.63. The molecular weight excluding hydrogens is 450 g/mol. The van der Waals surface area contributed by atoms with Gasteiger partial charge in [0.2, 0.25) is 0 Å². The summed E-state index contributed by atoms with van der Waals surface area (Å²) in [6.07, 6.45) is 12.7. The molecule has 0 saturated heterocycles. The molecule has 4 N–H and O–H groups in total. The van der Waals surface area contributed by atoms with Crippen molar-refractivity contribution < 1.29 is 34.1 Å². The molecule has 0 saturated carbocycles. The fourth-order valence-corrected chi connectivity index (χ4v) is 3.63. The zero-order valence-electron chi connectivity index (χ0n) is 20.8. The number of primary amides is 1. The van der Waals surface area contributed by atoms with Gasteiger partial charge in [0, 0.05) is 18.4 Å². The molecule has 1 amide bonds. The van der Waals surface area contributed by atoms with Crippen LogP contribution in [0.4, 0.5) is 4.79 Å². The van der Waals surface area contributed by atoms with Crippen LogP contribution < -0.4 is 5.73 Å². The van der Waals surface area contributed by atoms with Crippen molar-refractivity contribution in [3.05, 3.63) is 59.8 Å². The Morgan fingerprint density at radius 3 is 2.63 bits per heavy atom. The minimum atomic E-state index is -1.31. The van der Waals surface area contributed by atoms with E-state index in [1.165, 1.54) is 12.2 Å². The molecule has 1 aliphatic rings. The summed E-state index contributed by atoms with van der Waals surface area (Å²) in [5.74, 6) is -0.622. The molecule has 0 aromatic rings. The summed E-state index contributed by atoms with van der Waals surface area (Å²) < 4.78 is 10.7. The molecule has 8 nitrogen and oxygen atoms in total. The van der Waals surface area contributed by atoms with E-state index in [0.717, 1.165) is 11.9 Å². The molecule has 0 aromatic carbocycles. The van der Waals surface area contributed by atoms with Crippen molar-refractivity contribution in [2.24, 2.45) is 11.7 Å². The number of rotatable bonds is 4. The zero-order valence-corrected chi connectivity index (χ0v) is 20.8. The van der Waals surface area contributed by atoms with Crippen LogP contribution in [0, 0.1) is 5.92 Å². The van der Waals surface area contributed by atoms with Gasteiger partial charge in [0.05, 0.1) is 0 Å². The normalized spacial score (nSPS) is 30.1. The van der Waals surface area contributed by atoms with Gasteiger partial charge in [-0.1, -0.05) is 55.0 Å². The third-order valence-electron chi connectivity index (χ3n) is 5.55. The third kappa shape index (κ3) is 12.9. The first-order chi connectivity index (χ1) is 16.6. The van der Waals surface area contributed by atoms with E-state index in [2.05, 4.69) is 0 Å². The topological polar surface area (TPSA) is 136 Å². The largest absolute Gasteiger partial charge is 0.458 e. The van der Waals surface area contributed by atoms with Gasteiger partial charge in [0.15, 0.2) is 0 Å². The van der Waals surface area contributed by atoms with Crippen molar-refractivity contribution in [3.63, 3.8) is 0 Å². The second-order valence-corrected chi connectivity index (χ2v) is 8.80. The second kappa shape index (κ2) is 16.6. The van der Waals surface area contributed by atoms with Gasteiger partial charge >= 0.3 is 12.1 Å². The smallest absolute Gasteiger partial charge is 0.404 e. The van der Waals surface area contributed by atoms with E-state index in [9.17, 15) is 24.6 Å². The summed E-state index contributed by atoms with van der Waals surface area (Å²) in [5.41, 5.74) is 6.70. The average molecular weight is 490 g/mol. The van der Waals surface area contributed by atoms with E-state index in [-0.39, 0.29) is 5.92 Å². The van der Waals surface area contributed by atoms with E-state index in [1.54, 1.807) is 25.2 Å². The van der Waals surface area contributed by atoms with Gasteiger partial charge in [-0.3, -0.25) is 4.79 Å². The SMILES string of the molecule is C/C(C=O)=C\C(C)C1C/C(C)=C/C=C/CCCC(OC(N)=O)C(O)C(O)/C=C/CCC=CC(=O)O1. The van der Waals surface area contributed by atoms with Gasteiger partial charge in [-0.25, -0.2) is 9.59 Å². The number of hydrogen-bond acceptors (Lipinski definition) is 7. The minimum Gasteiger partial charge on any atom is -0.458 e. The number of ether oxygens (including phenoxy) is 2. The number of allylic oxidation sites excluding steroid dienone is 6. The summed E-state index contributed by atoms with van der Waals surface area (Å²) in [6, 6.07) is 0. The highest BCUT2D eigenvalue weighted by Crippen LogP contribution is 2.20. The van der Waals surface area contributed by atoms with E-state index in [0.29, 0.717) is 44.1 Å². The molecule has 0 aromatic heterocycles. The van der Waals surface area contributed by atoms with Crippen LogP contribution in [0.5, 0.6) is 0 Å². The molecule has 0 fully saturated rings. The molecule has 0 spiro atoms. The summed E-state index contributed by atoms with van der Waals surface area (Å²) in [5, 5.41) is 20.6. The Kier molecular flexibility index (Phi) is 14.3. The van der Waals surface area contributed by atoms with Crippen molar-refractivity contribution in [2.45, 2.75) is 83.7 Å². The van der Waals surface area contributed by atoms with Gasteiger partial charge in [0.1, 0.15) is 30.7 Å². The van der Waals surface area contributed by atoms with Crippen molar-refractivity contribution in [1.29, 1.82) is 0 Å². The number of carbonyl (C=O) groups is 3. The molecule has 0 bridgehead atoms. The first kappa shape index (κ1) is 30.1. The molecule has 1 heterocycles. The molecule has 0 radical (unpaired) electrons. The molecular formula is C27H39NO7. The van der Waals surface area contributed by atoms with Crippen LogP contribution in [-0.4, -0.2) is 53.0 Å². The van der Waals surface area contributed by atoms with Gasteiger partial charge in [0.25, 0.3) is 0 Å². The summed E-state index contributed by atoms with van der Waals surface area (Å²) in [4.78, 5) is 34.6. The lowest BCUT2D eigenvalue weighted by Gasteiger charge is -2.24. The lowest BCUT2D eigenvalue weighted by Crippen LogP contribution is -2.40. The van der Waals surface area contributed by atoms with Crippen LogP contribution >= 0.6 is 0 Å². The zero-order chi connectivity index (χ0) is 26.2. The Hall–Kier alpha value is -2.97. The van der Waals surface area contributed by atoms with Gasteiger partial charge in [-0.15, -0.1) is 0 Å². The predicted molar refractivity (Wildman–Crippen MR) is 134 cm³/mol. The Balaban J connectivity index is 3.05. The molecule has 194 valence electrons. The number of aliphatic hydroxyl groups is 2. The number of hydrogen-bond donors (Lipinski definition) is 3. The van der Waals surface area contributed by atoms with Crippen LogP contribution in [0.3, 0.4) is 0 Å². The van der Waals surface area contributed by atoms with E-state index < -0.39 is 36.5 Å². The van der Waals surface area contributed by atoms with E-state index in [1.807, 2.05) is 32.1 Å². The highest BCUT2D eigenvalue weighted by atomic mass is 16.6. The number of carbonyl (C=O) groups excluding carboxylic acids is 3.